The standard InChI is InChI=1S/C21H25NO3/c1-14(11-12-23)15(2)22-21(24)25-13-20-18-9-5-3-7-16(18)17-8-4-6-10-19(17)20/h3-10,14-15,20,23H,11-13H2,1-2H3,(H,22,24)/t14-,15+/m1/s1. The number of aliphatic hydroxyl groups excluding tert-OH is 1. The molecule has 4 nitrogen and oxygen atoms in total. The topological polar surface area (TPSA) is 58.6 Å². The average Bonchev–Trinajstić information content (AvgIpc) is 2.94. The zero-order chi connectivity index (χ0) is 17.8. The molecule has 3 rings (SSSR count). The van der Waals surface area contributed by atoms with E-state index in [0.717, 1.165) is 0 Å². The van der Waals surface area contributed by atoms with E-state index in [0.29, 0.717) is 13.0 Å². The first-order valence-corrected chi connectivity index (χ1v) is 8.84. The van der Waals surface area contributed by atoms with Crippen molar-refractivity contribution < 1.29 is 14.6 Å². The van der Waals surface area contributed by atoms with E-state index in [-0.39, 0.29) is 24.5 Å². The molecule has 2 N–H and O–H groups in total. The quantitative estimate of drug-likeness (QED) is 0.838. The molecule has 2 aromatic carbocycles. The Morgan fingerprint density at radius 2 is 1.64 bits per heavy atom. The maximum Gasteiger partial charge on any atom is 0.407 e. The smallest absolute Gasteiger partial charge is 0.407 e. The van der Waals surface area contributed by atoms with E-state index in [2.05, 4.69) is 29.6 Å². The summed E-state index contributed by atoms with van der Waals surface area (Å²) in [6.45, 7) is 4.38. The molecule has 132 valence electrons. The Labute approximate surface area is 148 Å². The SMILES string of the molecule is C[C@H](CCO)[C@H](C)NC(=O)OCC1c2ccccc2-c2ccccc21. The van der Waals surface area contributed by atoms with E-state index >= 15 is 0 Å². The van der Waals surface area contributed by atoms with Crippen LogP contribution in [0.1, 0.15) is 37.3 Å². The Morgan fingerprint density at radius 1 is 1.08 bits per heavy atom. The van der Waals surface area contributed by atoms with Gasteiger partial charge in [-0.05, 0) is 41.5 Å². The minimum absolute atomic E-state index is 0.0391. The molecule has 0 saturated carbocycles. The zero-order valence-electron chi connectivity index (χ0n) is 14.7. The molecule has 0 aromatic heterocycles. The summed E-state index contributed by atoms with van der Waals surface area (Å²) in [5.74, 6) is 0.272. The number of ether oxygens (including phenoxy) is 1. The summed E-state index contributed by atoms with van der Waals surface area (Å²) in [5, 5.41) is 11.9. The molecule has 0 saturated heterocycles. The van der Waals surface area contributed by atoms with Crippen LogP contribution in [0.5, 0.6) is 0 Å². The Morgan fingerprint density at radius 3 is 2.20 bits per heavy atom. The summed E-state index contributed by atoms with van der Waals surface area (Å²) >= 11 is 0. The number of nitrogens with one attached hydrogen (secondary N) is 1. The molecule has 0 bridgehead atoms. The van der Waals surface area contributed by atoms with Crippen LogP contribution in [0.15, 0.2) is 48.5 Å². The molecule has 2 aromatic rings. The Balaban J connectivity index is 1.66. The van der Waals surface area contributed by atoms with Gasteiger partial charge in [-0.2, -0.15) is 0 Å². The van der Waals surface area contributed by atoms with Gasteiger partial charge in [0.25, 0.3) is 0 Å². The number of amides is 1. The van der Waals surface area contributed by atoms with Gasteiger partial charge in [-0.1, -0.05) is 55.5 Å². The van der Waals surface area contributed by atoms with Gasteiger partial charge in [-0.25, -0.2) is 4.79 Å². The number of carbonyl (C=O) groups is 1. The monoisotopic (exact) mass is 339 g/mol. The van der Waals surface area contributed by atoms with Crippen LogP contribution in [0.2, 0.25) is 0 Å². The summed E-state index contributed by atoms with van der Waals surface area (Å²) in [6, 6.07) is 16.5. The van der Waals surface area contributed by atoms with Crippen molar-refractivity contribution in [1.29, 1.82) is 0 Å². The van der Waals surface area contributed by atoms with Gasteiger partial charge in [-0.15, -0.1) is 0 Å². The van der Waals surface area contributed by atoms with Crippen LogP contribution >= 0.6 is 0 Å². The second kappa shape index (κ2) is 7.70. The molecule has 4 heteroatoms. The molecule has 0 aliphatic heterocycles. The van der Waals surface area contributed by atoms with Crippen molar-refractivity contribution in [2.75, 3.05) is 13.2 Å². The Hall–Kier alpha value is -2.33. The van der Waals surface area contributed by atoms with E-state index in [1.165, 1.54) is 22.3 Å². The summed E-state index contributed by atoms with van der Waals surface area (Å²) in [4.78, 5) is 12.1. The second-order valence-electron chi connectivity index (χ2n) is 6.75. The number of rotatable bonds is 6. The molecule has 1 amide bonds. The highest BCUT2D eigenvalue weighted by molar-refractivity contribution is 5.79. The van der Waals surface area contributed by atoms with E-state index in [1.807, 2.05) is 38.1 Å². The van der Waals surface area contributed by atoms with Gasteiger partial charge in [-0.3, -0.25) is 0 Å². The van der Waals surface area contributed by atoms with Crippen LogP contribution in [-0.2, 0) is 4.74 Å². The predicted molar refractivity (Wildman–Crippen MR) is 98.5 cm³/mol. The van der Waals surface area contributed by atoms with Crippen molar-refractivity contribution in [1.82, 2.24) is 5.32 Å². The minimum Gasteiger partial charge on any atom is -0.449 e. The summed E-state index contributed by atoms with van der Waals surface area (Å²) < 4.78 is 5.53. The molecular weight excluding hydrogens is 314 g/mol. The molecule has 2 atom stereocenters. The highest BCUT2D eigenvalue weighted by Gasteiger charge is 2.29. The lowest BCUT2D eigenvalue weighted by Crippen LogP contribution is -2.38. The third-order valence-electron chi connectivity index (χ3n) is 5.13. The lowest BCUT2D eigenvalue weighted by atomic mass is 9.98. The fraction of sp³-hybridized carbons (Fsp3) is 0.381. The second-order valence-corrected chi connectivity index (χ2v) is 6.75. The largest absolute Gasteiger partial charge is 0.449 e. The van der Waals surface area contributed by atoms with E-state index < -0.39 is 6.09 Å². The fourth-order valence-corrected chi connectivity index (χ4v) is 3.42. The van der Waals surface area contributed by atoms with Crippen molar-refractivity contribution in [2.45, 2.75) is 32.2 Å². The van der Waals surface area contributed by atoms with E-state index in [1.54, 1.807) is 0 Å². The number of hydrogen-bond acceptors (Lipinski definition) is 3. The van der Waals surface area contributed by atoms with Crippen molar-refractivity contribution in [2.24, 2.45) is 5.92 Å². The third-order valence-corrected chi connectivity index (χ3v) is 5.13. The van der Waals surface area contributed by atoms with Crippen LogP contribution in [0.3, 0.4) is 0 Å². The van der Waals surface area contributed by atoms with Gasteiger partial charge in [0, 0.05) is 18.6 Å². The van der Waals surface area contributed by atoms with E-state index in [9.17, 15) is 4.79 Å². The molecule has 0 radical (unpaired) electrons. The molecule has 0 spiro atoms. The first-order valence-electron chi connectivity index (χ1n) is 8.84. The highest BCUT2D eigenvalue weighted by atomic mass is 16.5. The number of aliphatic hydroxyl groups is 1. The average molecular weight is 339 g/mol. The molecule has 1 aliphatic rings. The van der Waals surface area contributed by atoms with Crippen molar-refractivity contribution in [3.63, 3.8) is 0 Å². The summed E-state index contributed by atoms with van der Waals surface area (Å²) in [5.41, 5.74) is 4.85. The lowest BCUT2D eigenvalue weighted by Gasteiger charge is -2.21. The minimum atomic E-state index is -0.404. The first-order chi connectivity index (χ1) is 12.1. The zero-order valence-corrected chi connectivity index (χ0v) is 14.7. The van der Waals surface area contributed by atoms with Crippen LogP contribution in [0, 0.1) is 5.92 Å². The van der Waals surface area contributed by atoms with Gasteiger partial charge >= 0.3 is 6.09 Å². The van der Waals surface area contributed by atoms with Crippen LogP contribution in [0.4, 0.5) is 4.79 Å². The molecule has 0 unspecified atom stereocenters. The van der Waals surface area contributed by atoms with Gasteiger partial charge < -0.3 is 15.2 Å². The maximum atomic E-state index is 12.1. The van der Waals surface area contributed by atoms with Crippen molar-refractivity contribution in [3.8, 4) is 11.1 Å². The number of carbonyl (C=O) groups excluding carboxylic acids is 1. The third kappa shape index (κ3) is 3.69. The molecule has 25 heavy (non-hydrogen) atoms. The van der Waals surface area contributed by atoms with Gasteiger partial charge in [0.15, 0.2) is 0 Å². The number of alkyl carbamates (subject to hydrolysis) is 1. The van der Waals surface area contributed by atoms with Gasteiger partial charge in [0.2, 0.25) is 0 Å². The Kier molecular flexibility index (Phi) is 5.39. The van der Waals surface area contributed by atoms with Crippen molar-refractivity contribution in [3.05, 3.63) is 59.7 Å². The fourth-order valence-electron chi connectivity index (χ4n) is 3.42. The summed E-state index contributed by atoms with van der Waals surface area (Å²) in [6.07, 6.45) is 0.254. The molecule has 1 aliphatic carbocycles. The van der Waals surface area contributed by atoms with Crippen molar-refractivity contribution >= 4 is 6.09 Å². The Bertz CT molecular complexity index is 698. The highest BCUT2D eigenvalue weighted by Crippen LogP contribution is 2.44. The molecule has 0 heterocycles. The predicted octanol–water partition coefficient (Wildman–Crippen LogP) is 3.93. The first kappa shape index (κ1) is 17.5. The molecular formula is C21H25NO3. The number of fused-ring (bicyclic) bond motifs is 3. The van der Waals surface area contributed by atoms with Crippen LogP contribution in [0.25, 0.3) is 11.1 Å². The summed E-state index contributed by atoms with van der Waals surface area (Å²) in [7, 11) is 0. The lowest BCUT2D eigenvalue weighted by molar-refractivity contribution is 0.135. The van der Waals surface area contributed by atoms with Crippen LogP contribution in [-0.4, -0.2) is 30.5 Å². The van der Waals surface area contributed by atoms with E-state index in [4.69, 9.17) is 9.84 Å². The van der Waals surface area contributed by atoms with Gasteiger partial charge in [0.1, 0.15) is 6.61 Å². The van der Waals surface area contributed by atoms with Gasteiger partial charge in [0.05, 0.1) is 0 Å². The normalized spacial score (nSPS) is 15.2. The van der Waals surface area contributed by atoms with Crippen LogP contribution < -0.4 is 5.32 Å². The number of hydrogen-bond donors (Lipinski definition) is 2. The number of benzene rings is 2. The molecule has 0 fully saturated rings. The maximum absolute atomic E-state index is 12.1.